The molecule has 7 nitrogen and oxygen atoms in total. The molecule has 1 aromatic carbocycles. The van der Waals surface area contributed by atoms with E-state index in [-0.39, 0.29) is 28.7 Å². The molecule has 2 fully saturated rings. The van der Waals surface area contributed by atoms with E-state index in [1.54, 1.807) is 31.8 Å². The van der Waals surface area contributed by atoms with Crippen LogP contribution in [0, 0.1) is 34.9 Å². The summed E-state index contributed by atoms with van der Waals surface area (Å²) >= 11 is 5.83. The van der Waals surface area contributed by atoms with Crippen molar-refractivity contribution in [2.45, 2.75) is 51.0 Å². The topological polar surface area (TPSA) is 110 Å². The van der Waals surface area contributed by atoms with Crippen LogP contribution in [0.25, 0.3) is 0 Å². The minimum absolute atomic E-state index is 0.0681. The van der Waals surface area contributed by atoms with Gasteiger partial charge in [-0.15, -0.1) is 0 Å². The second-order valence-corrected chi connectivity index (χ2v) is 10.4. The van der Waals surface area contributed by atoms with Crippen LogP contribution < -0.4 is 11.1 Å². The van der Waals surface area contributed by atoms with Crippen molar-refractivity contribution in [3.05, 3.63) is 46.8 Å². The Labute approximate surface area is 202 Å². The van der Waals surface area contributed by atoms with Gasteiger partial charge in [0.2, 0.25) is 5.91 Å². The Morgan fingerprint density at radius 3 is 2.56 bits per heavy atom. The average Bonchev–Trinajstić information content (AvgIpc) is 3.40. The van der Waals surface area contributed by atoms with E-state index in [4.69, 9.17) is 17.3 Å². The molecular weight excluding hydrogens is 459 g/mol. The van der Waals surface area contributed by atoms with E-state index >= 15 is 0 Å². The molecule has 2 aliphatic rings. The normalized spacial score (nSPS) is 26.0. The molecular formula is C25H28ClFN4O3. The molecule has 4 N–H and O–H groups in total. The fourth-order valence-electron chi connectivity index (χ4n) is 5.11. The number of carbonyl (C=O) groups is 2. The largest absolute Gasteiger partial charge is 0.378 e. The van der Waals surface area contributed by atoms with Crippen LogP contribution >= 0.6 is 11.6 Å². The Morgan fingerprint density at radius 1 is 1.32 bits per heavy atom. The number of aryl methyl sites for hydroxylation is 1. The van der Waals surface area contributed by atoms with Crippen molar-refractivity contribution in [2.75, 3.05) is 5.32 Å². The third kappa shape index (κ3) is 4.68. The number of hydrogen-bond donors (Lipinski definition) is 3. The number of aliphatic hydroxyl groups is 1. The monoisotopic (exact) mass is 486 g/mol. The number of nitrogens with one attached hydrogen (secondary N) is 1. The van der Waals surface area contributed by atoms with E-state index in [0.717, 1.165) is 12.8 Å². The lowest BCUT2D eigenvalue weighted by Crippen LogP contribution is -2.31. The zero-order valence-corrected chi connectivity index (χ0v) is 20.1. The van der Waals surface area contributed by atoms with Crippen molar-refractivity contribution in [3.63, 3.8) is 0 Å². The first-order chi connectivity index (χ1) is 15.9. The number of halogens is 2. The zero-order chi connectivity index (χ0) is 24.8. The van der Waals surface area contributed by atoms with Gasteiger partial charge in [-0.2, -0.15) is 0 Å². The summed E-state index contributed by atoms with van der Waals surface area (Å²) in [5.41, 5.74) is 4.81. The quantitative estimate of drug-likeness (QED) is 0.573. The Morgan fingerprint density at radius 2 is 1.97 bits per heavy atom. The van der Waals surface area contributed by atoms with Crippen LogP contribution in [0.5, 0.6) is 0 Å². The number of carbonyl (C=O) groups excluding carboxylic acids is 2. The number of hydrogen-bond acceptors (Lipinski definition) is 4. The van der Waals surface area contributed by atoms with E-state index in [1.165, 1.54) is 18.2 Å². The molecule has 0 aliphatic heterocycles. The molecule has 2 saturated carbocycles. The molecule has 2 atom stereocenters. The first-order valence-electron chi connectivity index (χ1n) is 11.2. The number of imidazole rings is 1. The summed E-state index contributed by atoms with van der Waals surface area (Å²) in [4.78, 5) is 29.1. The Balaban J connectivity index is 1.47. The van der Waals surface area contributed by atoms with E-state index in [1.807, 2.05) is 0 Å². The highest BCUT2D eigenvalue weighted by Crippen LogP contribution is 2.53. The van der Waals surface area contributed by atoms with Crippen LogP contribution in [-0.2, 0) is 11.8 Å². The highest BCUT2D eigenvalue weighted by molar-refractivity contribution is 6.31. The lowest BCUT2D eigenvalue weighted by Gasteiger charge is -2.20. The summed E-state index contributed by atoms with van der Waals surface area (Å²) in [7, 11) is 1.76. The van der Waals surface area contributed by atoms with Crippen LogP contribution in [0.15, 0.2) is 24.5 Å². The standard InChI is InChI=1S/C25H28ClFN4O3/c1-24(2,23(28)33)6-7-25(34)11-15-8-14(9-16(15)12-25)20-21(31(3)13-29-20)22(32)30-17-4-5-19(27)18(26)10-17/h4-5,10,13-16,34H,8-9,11-12H2,1-3H3,(H2,28,33)(H,30,32). The molecule has 2 aliphatic carbocycles. The number of nitrogens with zero attached hydrogens (tertiary/aromatic N) is 2. The van der Waals surface area contributed by atoms with Crippen LogP contribution in [0.2, 0.25) is 5.02 Å². The number of nitrogens with two attached hydrogens (primary N) is 1. The van der Waals surface area contributed by atoms with Crippen molar-refractivity contribution in [1.82, 2.24) is 9.55 Å². The maximum absolute atomic E-state index is 13.4. The molecule has 1 heterocycles. The van der Waals surface area contributed by atoms with Gasteiger partial charge in [-0.05, 0) is 69.6 Å². The maximum Gasteiger partial charge on any atom is 0.274 e. The number of anilines is 1. The molecule has 180 valence electrons. The first kappa shape index (κ1) is 24.2. The minimum Gasteiger partial charge on any atom is -0.378 e. The van der Waals surface area contributed by atoms with Crippen LogP contribution in [0.3, 0.4) is 0 Å². The van der Waals surface area contributed by atoms with E-state index < -0.39 is 22.7 Å². The molecule has 0 radical (unpaired) electrons. The van der Waals surface area contributed by atoms with Gasteiger partial charge in [0.15, 0.2) is 0 Å². The summed E-state index contributed by atoms with van der Waals surface area (Å²) in [6.45, 7) is 3.29. The van der Waals surface area contributed by atoms with Gasteiger partial charge in [-0.25, -0.2) is 9.37 Å². The highest BCUT2D eigenvalue weighted by Gasteiger charge is 2.49. The summed E-state index contributed by atoms with van der Waals surface area (Å²) in [6, 6.07) is 4.03. The number of aromatic nitrogens is 2. The third-order valence-corrected chi connectivity index (χ3v) is 7.30. The number of rotatable bonds is 4. The van der Waals surface area contributed by atoms with E-state index in [2.05, 4.69) is 22.1 Å². The summed E-state index contributed by atoms with van der Waals surface area (Å²) < 4.78 is 15.1. The fourth-order valence-corrected chi connectivity index (χ4v) is 5.29. The van der Waals surface area contributed by atoms with Gasteiger partial charge in [0.25, 0.3) is 5.91 Å². The highest BCUT2D eigenvalue weighted by atomic mass is 35.5. The van der Waals surface area contributed by atoms with Crippen molar-refractivity contribution in [3.8, 4) is 11.8 Å². The molecule has 2 amide bonds. The molecule has 0 saturated heterocycles. The summed E-state index contributed by atoms with van der Waals surface area (Å²) in [5.74, 6) is 4.92. The number of benzene rings is 1. The summed E-state index contributed by atoms with van der Waals surface area (Å²) in [6.07, 6.45) is 4.21. The molecule has 34 heavy (non-hydrogen) atoms. The molecule has 0 spiro atoms. The van der Waals surface area contributed by atoms with Gasteiger partial charge in [0.1, 0.15) is 22.5 Å². The average molecular weight is 487 g/mol. The van der Waals surface area contributed by atoms with Crippen LogP contribution in [0.1, 0.15) is 61.6 Å². The second-order valence-electron chi connectivity index (χ2n) is 10.0. The van der Waals surface area contributed by atoms with E-state index in [9.17, 15) is 19.1 Å². The van der Waals surface area contributed by atoms with Crippen molar-refractivity contribution >= 4 is 29.1 Å². The van der Waals surface area contributed by atoms with E-state index in [0.29, 0.717) is 29.9 Å². The minimum atomic E-state index is -1.14. The lowest BCUT2D eigenvalue weighted by atomic mass is 9.89. The molecule has 2 unspecified atom stereocenters. The SMILES string of the molecule is Cn1cnc(C2CC3CC(O)(C#CC(C)(C)C(N)=O)CC3C2)c1C(=O)Nc1ccc(F)c(Cl)c1. The number of amides is 2. The van der Waals surface area contributed by atoms with Gasteiger partial charge in [0.05, 0.1) is 17.0 Å². The first-order valence-corrected chi connectivity index (χ1v) is 11.6. The Bertz CT molecular complexity index is 1200. The van der Waals surface area contributed by atoms with Gasteiger partial charge >= 0.3 is 0 Å². The second kappa shape index (κ2) is 8.71. The number of primary amides is 1. The predicted molar refractivity (Wildman–Crippen MR) is 126 cm³/mol. The van der Waals surface area contributed by atoms with Crippen LogP contribution in [0.4, 0.5) is 10.1 Å². The molecule has 4 rings (SSSR count). The van der Waals surface area contributed by atoms with Gasteiger partial charge in [0, 0.05) is 18.7 Å². The van der Waals surface area contributed by atoms with Crippen LogP contribution in [-0.4, -0.2) is 32.1 Å². The Hall–Kier alpha value is -2.89. The Kier molecular flexibility index (Phi) is 6.21. The number of fused-ring (bicyclic) bond motifs is 1. The lowest BCUT2D eigenvalue weighted by molar-refractivity contribution is -0.123. The van der Waals surface area contributed by atoms with Crippen molar-refractivity contribution in [1.29, 1.82) is 0 Å². The van der Waals surface area contributed by atoms with Gasteiger partial charge in [-0.3, -0.25) is 9.59 Å². The molecule has 2 aromatic rings. The smallest absolute Gasteiger partial charge is 0.274 e. The fraction of sp³-hybridized carbons (Fsp3) is 0.480. The maximum atomic E-state index is 13.4. The molecule has 9 heteroatoms. The van der Waals surface area contributed by atoms with Gasteiger partial charge in [-0.1, -0.05) is 23.4 Å². The van der Waals surface area contributed by atoms with Gasteiger partial charge < -0.3 is 20.7 Å². The zero-order valence-electron chi connectivity index (χ0n) is 19.4. The molecule has 0 bridgehead atoms. The van der Waals surface area contributed by atoms with Crippen molar-refractivity contribution in [2.24, 2.45) is 30.0 Å². The predicted octanol–water partition coefficient (Wildman–Crippen LogP) is 3.61. The summed E-state index contributed by atoms with van der Waals surface area (Å²) in [5, 5.41) is 13.7. The third-order valence-electron chi connectivity index (χ3n) is 7.01. The molecule has 1 aromatic heterocycles. The van der Waals surface area contributed by atoms with Crippen molar-refractivity contribution < 1.29 is 19.1 Å².